The predicted octanol–water partition coefficient (Wildman–Crippen LogP) is 5.03. The lowest BCUT2D eigenvalue weighted by atomic mass is 9.81. The van der Waals surface area contributed by atoms with Gasteiger partial charge in [0, 0.05) is 37.5 Å². The van der Waals surface area contributed by atoms with Gasteiger partial charge in [-0.2, -0.15) is 4.58 Å². The molecule has 0 bridgehead atoms. The highest BCUT2D eigenvalue weighted by atomic mass is 15.1. The van der Waals surface area contributed by atoms with Crippen LogP contribution in [-0.4, -0.2) is 31.4 Å². The van der Waals surface area contributed by atoms with E-state index in [9.17, 15) is 0 Å². The van der Waals surface area contributed by atoms with E-state index in [1.165, 1.54) is 28.2 Å². The normalized spacial score (nSPS) is 16.0. The molecule has 0 radical (unpaired) electrons. The number of para-hydroxylation sites is 1. The fourth-order valence-corrected chi connectivity index (χ4v) is 3.50. The van der Waals surface area contributed by atoms with E-state index in [0.717, 1.165) is 0 Å². The van der Waals surface area contributed by atoms with E-state index in [1.807, 2.05) is 0 Å². The quantitative estimate of drug-likeness (QED) is 0.563. The van der Waals surface area contributed by atoms with Crippen LogP contribution in [0.1, 0.15) is 25.0 Å². The van der Waals surface area contributed by atoms with Gasteiger partial charge in [-0.15, -0.1) is 0 Å². The molecular weight excluding hydrogens is 304 g/mol. The highest BCUT2D eigenvalue weighted by Gasteiger charge is 2.42. The molecule has 2 aromatic rings. The number of benzene rings is 2. The van der Waals surface area contributed by atoms with Crippen molar-refractivity contribution in [2.45, 2.75) is 19.3 Å². The predicted molar refractivity (Wildman–Crippen MR) is 109 cm³/mol. The van der Waals surface area contributed by atoms with Crippen LogP contribution in [-0.2, 0) is 5.41 Å². The topological polar surface area (TPSA) is 6.25 Å². The minimum absolute atomic E-state index is 0.0308. The molecule has 0 N–H and O–H groups in total. The second-order valence-electron chi connectivity index (χ2n) is 7.29. The first-order valence-corrected chi connectivity index (χ1v) is 8.74. The van der Waals surface area contributed by atoms with Crippen molar-refractivity contribution >= 4 is 23.2 Å². The lowest BCUT2D eigenvalue weighted by molar-refractivity contribution is -0.401. The van der Waals surface area contributed by atoms with E-state index in [4.69, 9.17) is 0 Å². The summed E-state index contributed by atoms with van der Waals surface area (Å²) >= 11 is 0. The molecule has 0 spiro atoms. The molecule has 0 fully saturated rings. The summed E-state index contributed by atoms with van der Waals surface area (Å²) in [7, 11) is 6.27. The Bertz CT molecular complexity index is 850. The number of fused-ring (bicyclic) bond motifs is 1. The molecule has 1 aliphatic rings. The molecule has 0 aliphatic carbocycles. The Kier molecular flexibility index (Phi) is 4.63. The van der Waals surface area contributed by atoms with Gasteiger partial charge in [0.15, 0.2) is 5.71 Å². The minimum atomic E-state index is 0.0308. The van der Waals surface area contributed by atoms with Crippen LogP contribution in [0.2, 0.25) is 0 Å². The van der Waals surface area contributed by atoms with Gasteiger partial charge < -0.3 is 4.90 Å². The van der Waals surface area contributed by atoms with Crippen molar-refractivity contribution in [1.82, 2.24) is 0 Å². The molecule has 0 aromatic heterocycles. The molecule has 1 aliphatic heterocycles. The first-order valence-electron chi connectivity index (χ1n) is 8.74. The Balaban J connectivity index is 1.77. The molecule has 2 nitrogen and oxygen atoms in total. The fourth-order valence-electron chi connectivity index (χ4n) is 3.50. The summed E-state index contributed by atoms with van der Waals surface area (Å²) in [6, 6.07) is 17.2. The Hall–Kier alpha value is -2.61. The van der Waals surface area contributed by atoms with Gasteiger partial charge in [0.25, 0.3) is 0 Å². The molecule has 0 saturated heterocycles. The monoisotopic (exact) mass is 331 g/mol. The van der Waals surface area contributed by atoms with Crippen LogP contribution in [0.25, 0.3) is 6.08 Å². The Labute approximate surface area is 151 Å². The standard InChI is InChI=1S/C23H27N2/c1-23(2)20-11-7-8-12-21(20)25(5)22(23)13-9-6-10-18-14-16-19(17-15-18)24(3)4/h6-17H,1-5H3/q+1. The van der Waals surface area contributed by atoms with Gasteiger partial charge in [-0.1, -0.05) is 48.6 Å². The summed E-state index contributed by atoms with van der Waals surface area (Å²) < 4.78 is 2.30. The van der Waals surface area contributed by atoms with Crippen LogP contribution >= 0.6 is 0 Å². The van der Waals surface area contributed by atoms with Crippen LogP contribution in [0.5, 0.6) is 0 Å². The number of rotatable bonds is 4. The number of allylic oxidation sites excluding steroid dienone is 3. The van der Waals surface area contributed by atoms with E-state index in [0.29, 0.717) is 0 Å². The number of nitrogens with zero attached hydrogens (tertiary/aromatic N) is 2. The second-order valence-corrected chi connectivity index (χ2v) is 7.29. The maximum absolute atomic E-state index is 2.30. The first-order chi connectivity index (χ1) is 11.9. The number of hydrogen-bond acceptors (Lipinski definition) is 1. The highest BCUT2D eigenvalue weighted by Crippen LogP contribution is 2.38. The highest BCUT2D eigenvalue weighted by molar-refractivity contribution is 6.03. The van der Waals surface area contributed by atoms with Crippen molar-refractivity contribution in [3.8, 4) is 0 Å². The molecule has 1 heterocycles. The lowest BCUT2D eigenvalue weighted by Crippen LogP contribution is -2.26. The summed E-state index contributed by atoms with van der Waals surface area (Å²) in [5.41, 5.74) is 6.47. The zero-order valence-electron chi connectivity index (χ0n) is 15.8. The van der Waals surface area contributed by atoms with Gasteiger partial charge in [0.05, 0.1) is 5.41 Å². The molecule has 0 atom stereocenters. The Morgan fingerprint density at radius 1 is 0.880 bits per heavy atom. The largest absolute Gasteiger partial charge is 0.378 e. The molecule has 2 heteroatoms. The van der Waals surface area contributed by atoms with Crippen LogP contribution < -0.4 is 4.90 Å². The van der Waals surface area contributed by atoms with Gasteiger partial charge in [-0.3, -0.25) is 0 Å². The number of anilines is 1. The van der Waals surface area contributed by atoms with Crippen molar-refractivity contribution in [3.63, 3.8) is 0 Å². The average molecular weight is 331 g/mol. The van der Waals surface area contributed by atoms with Crippen LogP contribution in [0.4, 0.5) is 11.4 Å². The SMILES string of the molecule is CN(C)c1ccc(/C=C/C=C/C2=[N+](C)c3ccccc3C2(C)C)cc1. The second kappa shape index (κ2) is 6.72. The van der Waals surface area contributed by atoms with Crippen LogP contribution in [0.3, 0.4) is 0 Å². The molecule has 2 aromatic carbocycles. The first kappa shape index (κ1) is 17.2. The maximum Gasteiger partial charge on any atom is 0.209 e. The zero-order valence-corrected chi connectivity index (χ0v) is 15.8. The van der Waals surface area contributed by atoms with Gasteiger partial charge in [0.2, 0.25) is 5.69 Å². The molecule has 0 saturated carbocycles. The van der Waals surface area contributed by atoms with E-state index in [2.05, 4.69) is 117 Å². The summed E-state index contributed by atoms with van der Waals surface area (Å²) in [6.45, 7) is 4.58. The third-order valence-electron chi connectivity index (χ3n) is 5.00. The number of hydrogen-bond donors (Lipinski definition) is 0. The van der Waals surface area contributed by atoms with Crippen molar-refractivity contribution < 1.29 is 4.58 Å². The van der Waals surface area contributed by atoms with Crippen LogP contribution in [0.15, 0.2) is 66.8 Å². The van der Waals surface area contributed by atoms with E-state index >= 15 is 0 Å². The Morgan fingerprint density at radius 2 is 1.52 bits per heavy atom. The molecule has 25 heavy (non-hydrogen) atoms. The molecule has 3 rings (SSSR count). The van der Waals surface area contributed by atoms with Gasteiger partial charge in [-0.25, -0.2) is 0 Å². The zero-order chi connectivity index (χ0) is 18.0. The van der Waals surface area contributed by atoms with Crippen molar-refractivity contribution in [2.75, 3.05) is 26.0 Å². The van der Waals surface area contributed by atoms with Gasteiger partial charge in [-0.05, 0) is 31.5 Å². The van der Waals surface area contributed by atoms with Crippen molar-refractivity contribution in [2.24, 2.45) is 0 Å². The lowest BCUT2D eigenvalue weighted by Gasteiger charge is -2.14. The average Bonchev–Trinajstić information content (AvgIpc) is 2.79. The summed E-state index contributed by atoms with van der Waals surface area (Å²) in [5, 5.41) is 0. The third-order valence-corrected chi connectivity index (χ3v) is 5.00. The molecule has 0 amide bonds. The molecular formula is C23H27N2+. The summed E-state index contributed by atoms with van der Waals surface area (Å²) in [4.78, 5) is 2.11. The third kappa shape index (κ3) is 3.30. The molecule has 0 unspecified atom stereocenters. The van der Waals surface area contributed by atoms with E-state index < -0.39 is 0 Å². The molecule has 128 valence electrons. The Morgan fingerprint density at radius 3 is 2.16 bits per heavy atom. The minimum Gasteiger partial charge on any atom is -0.378 e. The van der Waals surface area contributed by atoms with E-state index in [1.54, 1.807) is 0 Å². The fraction of sp³-hybridized carbons (Fsp3) is 0.261. The maximum atomic E-state index is 2.30. The van der Waals surface area contributed by atoms with Crippen molar-refractivity contribution in [1.29, 1.82) is 0 Å². The van der Waals surface area contributed by atoms with Crippen LogP contribution in [0, 0.1) is 0 Å². The summed E-state index contributed by atoms with van der Waals surface area (Å²) in [6.07, 6.45) is 8.63. The van der Waals surface area contributed by atoms with Gasteiger partial charge >= 0.3 is 0 Å². The summed E-state index contributed by atoms with van der Waals surface area (Å²) in [5.74, 6) is 0. The smallest absolute Gasteiger partial charge is 0.209 e. The van der Waals surface area contributed by atoms with Gasteiger partial charge in [0.1, 0.15) is 7.05 Å². The van der Waals surface area contributed by atoms with Crippen molar-refractivity contribution in [3.05, 3.63) is 77.9 Å². The van der Waals surface area contributed by atoms with E-state index in [-0.39, 0.29) is 5.41 Å².